The Labute approximate surface area is 283 Å². The van der Waals surface area contributed by atoms with Gasteiger partial charge in [0, 0.05) is 42.1 Å². The Kier molecular flexibility index (Phi) is 40.5. The summed E-state index contributed by atoms with van der Waals surface area (Å²) in [7, 11) is -9.48. The third kappa shape index (κ3) is 39.0. The van der Waals surface area contributed by atoms with Gasteiger partial charge in [0.1, 0.15) is 0 Å². The van der Waals surface area contributed by atoms with Crippen LogP contribution >= 0.6 is 0 Å². The molecule has 0 aromatic heterocycles. The van der Waals surface area contributed by atoms with Crippen LogP contribution in [0.1, 0.15) is 13.8 Å². The standard InChI is InChI=1S/3C8H18OSi2.C2H6.2CH3.2Pt/c3*1-7-10(3,4)9-11(5,6)8-2;1-2;;;;/h3*7-8H,1-2H2,3-6H3;1-2H3;2*1H3;;/q;;;;2*-1;;. The van der Waals surface area contributed by atoms with Crippen LogP contribution in [0.15, 0.2) is 73.7 Å². The zero-order valence-electron chi connectivity index (χ0n) is 28.6. The first kappa shape index (κ1) is 59.4. The summed E-state index contributed by atoms with van der Waals surface area (Å²) in [5.74, 6) is 0. The second kappa shape index (κ2) is 26.6. The van der Waals surface area contributed by atoms with Crippen molar-refractivity contribution in [2.24, 2.45) is 0 Å². The van der Waals surface area contributed by atoms with Crippen LogP contribution in [0.2, 0.25) is 78.6 Å². The average Bonchev–Trinajstić information content (AvgIpc) is 2.74. The Hall–Kier alpha value is 0.998. The summed E-state index contributed by atoms with van der Waals surface area (Å²) in [6.45, 7) is 52.5. The van der Waals surface area contributed by atoms with Gasteiger partial charge in [0.25, 0.3) is 0 Å². The van der Waals surface area contributed by atoms with Crippen molar-refractivity contribution in [3.8, 4) is 0 Å². The fraction of sp³-hybridized carbons (Fsp3) is 0.500. The van der Waals surface area contributed by atoms with E-state index >= 15 is 0 Å². The van der Waals surface area contributed by atoms with Crippen molar-refractivity contribution in [1.29, 1.82) is 0 Å². The molecule has 0 unspecified atom stereocenters. The average molecular weight is 1010 g/mol. The van der Waals surface area contributed by atoms with Crippen molar-refractivity contribution >= 4 is 49.9 Å². The van der Waals surface area contributed by atoms with Crippen LogP contribution in [0.25, 0.3) is 0 Å². The molecule has 0 aliphatic carbocycles. The Balaban J connectivity index is -0.0000000568. The summed E-state index contributed by atoms with van der Waals surface area (Å²) < 4.78 is 17.9. The van der Waals surface area contributed by atoms with Crippen LogP contribution in [0.4, 0.5) is 0 Å². The molecule has 3 nitrogen and oxygen atoms in total. The van der Waals surface area contributed by atoms with E-state index in [1.807, 2.05) is 48.0 Å². The first-order chi connectivity index (χ1) is 15.5. The van der Waals surface area contributed by atoms with E-state index in [4.69, 9.17) is 12.3 Å². The molecule has 0 fully saturated rings. The molecular weight excluding hydrogens is 943 g/mol. The molecule has 0 aromatic carbocycles. The van der Waals surface area contributed by atoms with Gasteiger partial charge in [-0.25, -0.2) is 0 Å². The van der Waals surface area contributed by atoms with E-state index in [-0.39, 0.29) is 57.0 Å². The van der Waals surface area contributed by atoms with Gasteiger partial charge in [-0.15, -0.1) is 39.5 Å². The van der Waals surface area contributed by atoms with Crippen LogP contribution in [0, 0.1) is 14.9 Å². The molecule has 0 N–H and O–H groups in total. The maximum atomic E-state index is 5.97. The quantitative estimate of drug-likeness (QED) is 0.144. The van der Waals surface area contributed by atoms with E-state index in [0.717, 1.165) is 0 Å². The van der Waals surface area contributed by atoms with E-state index in [0.29, 0.717) is 0 Å². The van der Waals surface area contributed by atoms with Crippen molar-refractivity contribution < 1.29 is 54.5 Å². The van der Waals surface area contributed by atoms with Gasteiger partial charge >= 0.3 is 0 Å². The predicted octanol–water partition coefficient (Wildman–Crippen LogP) is 10.5. The van der Waals surface area contributed by atoms with Gasteiger partial charge in [-0.2, -0.15) is 0 Å². The van der Waals surface area contributed by atoms with Gasteiger partial charge in [-0.1, -0.05) is 48.0 Å². The minimum Gasteiger partial charge on any atom is -0.449 e. The van der Waals surface area contributed by atoms with E-state index in [1.165, 1.54) is 0 Å². The molecule has 0 rings (SSSR count). The molecular formula is C28H66O3Pt2Si6-2. The van der Waals surface area contributed by atoms with Crippen LogP contribution in [0.3, 0.4) is 0 Å². The number of hydrogen-bond acceptors (Lipinski definition) is 3. The monoisotopic (exact) mass is 1010 g/mol. The normalized spacial score (nSPS) is 10.9. The zero-order valence-corrected chi connectivity index (χ0v) is 39.1. The molecule has 0 aromatic rings. The fourth-order valence-corrected chi connectivity index (χ4v) is 20.6. The second-order valence-electron chi connectivity index (χ2n) is 11.2. The van der Waals surface area contributed by atoms with Gasteiger partial charge in [-0.3, -0.25) is 0 Å². The molecule has 0 saturated heterocycles. The maximum absolute atomic E-state index is 5.97. The fourth-order valence-electron chi connectivity index (χ4n) is 2.28. The minimum atomic E-state index is -1.58. The van der Waals surface area contributed by atoms with Gasteiger partial charge in [0.15, 0.2) is 49.9 Å². The van der Waals surface area contributed by atoms with E-state index in [1.54, 1.807) is 0 Å². The smallest absolute Gasteiger partial charge is 0.198 e. The molecule has 0 radical (unpaired) electrons. The first-order valence-electron chi connectivity index (χ1n) is 12.4. The molecule has 0 amide bonds. The molecule has 11 heteroatoms. The van der Waals surface area contributed by atoms with Crippen molar-refractivity contribution in [3.05, 3.63) is 88.5 Å². The summed E-state index contributed by atoms with van der Waals surface area (Å²) in [5, 5.41) is 0. The van der Waals surface area contributed by atoms with Crippen LogP contribution in [-0.4, -0.2) is 49.9 Å². The maximum Gasteiger partial charge on any atom is 0.198 e. The molecule has 0 heterocycles. The molecule has 0 saturated carbocycles. The van der Waals surface area contributed by atoms with Crippen LogP contribution in [0.5, 0.6) is 0 Å². The largest absolute Gasteiger partial charge is 0.449 e. The molecule has 0 bridgehead atoms. The minimum absolute atomic E-state index is 0. The van der Waals surface area contributed by atoms with Crippen LogP contribution in [-0.2, 0) is 54.5 Å². The Bertz CT molecular complexity index is 534. The Morgan fingerprint density at radius 2 is 0.410 bits per heavy atom. The summed E-state index contributed by atoms with van der Waals surface area (Å²) in [5.41, 5.74) is 11.8. The topological polar surface area (TPSA) is 27.7 Å². The van der Waals surface area contributed by atoms with Crippen molar-refractivity contribution in [3.63, 3.8) is 0 Å². The van der Waals surface area contributed by atoms with Crippen LogP contribution < -0.4 is 0 Å². The summed E-state index contributed by atoms with van der Waals surface area (Å²) in [6, 6.07) is 0. The Morgan fingerprint density at radius 1 is 0.333 bits per heavy atom. The summed E-state index contributed by atoms with van der Waals surface area (Å²) in [6.07, 6.45) is 0. The SMILES string of the molecule is C=C[Si](C)(C)O[Si](C)(C)C=C.C=C[Si](C)(C)O[Si](C)(C)C=C.C=C[Si](C)(C)O[Si](C)(C)C=C.CC.[CH3-].[CH3-].[Pt].[Pt]. The second-order valence-corrected chi connectivity index (χ2v) is 35.3. The molecule has 0 atom stereocenters. The summed E-state index contributed by atoms with van der Waals surface area (Å²) >= 11 is 0. The molecule has 39 heavy (non-hydrogen) atoms. The Morgan fingerprint density at radius 3 is 0.462 bits per heavy atom. The predicted molar refractivity (Wildman–Crippen MR) is 194 cm³/mol. The summed E-state index contributed by atoms with van der Waals surface area (Å²) in [4.78, 5) is 0. The van der Waals surface area contributed by atoms with E-state index < -0.39 is 49.9 Å². The van der Waals surface area contributed by atoms with E-state index in [9.17, 15) is 0 Å². The third-order valence-corrected chi connectivity index (χ3v) is 23.1. The molecule has 242 valence electrons. The van der Waals surface area contributed by atoms with Gasteiger partial charge in [0.05, 0.1) is 0 Å². The van der Waals surface area contributed by atoms with Gasteiger partial charge in [0.2, 0.25) is 0 Å². The van der Waals surface area contributed by atoms with Gasteiger partial charge in [-0.05, 0) is 78.6 Å². The van der Waals surface area contributed by atoms with Gasteiger partial charge < -0.3 is 27.2 Å². The first-order valence-corrected chi connectivity index (χ1v) is 30.3. The van der Waals surface area contributed by atoms with Crippen molar-refractivity contribution in [2.45, 2.75) is 92.4 Å². The number of hydrogen-bond donors (Lipinski definition) is 0. The van der Waals surface area contributed by atoms with E-state index in [2.05, 4.69) is 118 Å². The third-order valence-electron chi connectivity index (χ3n) is 4.53. The molecule has 0 spiro atoms. The van der Waals surface area contributed by atoms with Crippen molar-refractivity contribution in [2.75, 3.05) is 0 Å². The zero-order chi connectivity index (χ0) is 29.4. The van der Waals surface area contributed by atoms with Crippen molar-refractivity contribution in [1.82, 2.24) is 0 Å². The number of rotatable bonds is 12. The molecule has 0 aliphatic heterocycles. The molecule has 0 aliphatic rings.